The van der Waals surface area contributed by atoms with Gasteiger partial charge in [-0.3, -0.25) is 4.79 Å². The summed E-state index contributed by atoms with van der Waals surface area (Å²) in [5.41, 5.74) is 0.638. The van der Waals surface area contributed by atoms with Crippen LogP contribution in [0.3, 0.4) is 0 Å². The van der Waals surface area contributed by atoms with Gasteiger partial charge in [-0.05, 0) is 49.4 Å². The molecule has 1 aromatic rings. The molecule has 0 bridgehead atoms. The molecule has 0 unspecified atom stereocenters. The summed E-state index contributed by atoms with van der Waals surface area (Å²) in [7, 11) is 0. The number of ether oxygens (including phenoxy) is 1. The van der Waals surface area contributed by atoms with Gasteiger partial charge in [0.2, 0.25) is 0 Å². The molecule has 1 aliphatic rings. The van der Waals surface area contributed by atoms with E-state index in [2.05, 4.69) is 0 Å². The molecular formula is C13H15FO3. The van der Waals surface area contributed by atoms with Crippen molar-refractivity contribution in [1.82, 2.24) is 0 Å². The number of benzene rings is 1. The summed E-state index contributed by atoms with van der Waals surface area (Å²) >= 11 is 0. The maximum Gasteiger partial charge on any atom is 0.303 e. The van der Waals surface area contributed by atoms with Gasteiger partial charge in [0, 0.05) is 6.42 Å². The minimum atomic E-state index is -0.885. The van der Waals surface area contributed by atoms with Gasteiger partial charge in [0.1, 0.15) is 11.6 Å². The van der Waals surface area contributed by atoms with Gasteiger partial charge in [-0.2, -0.15) is 0 Å². The van der Waals surface area contributed by atoms with Crippen molar-refractivity contribution in [2.45, 2.75) is 38.2 Å². The summed E-state index contributed by atoms with van der Waals surface area (Å²) in [6, 6.07) is 4.29. The van der Waals surface area contributed by atoms with E-state index in [0.29, 0.717) is 17.7 Å². The Morgan fingerprint density at radius 3 is 2.82 bits per heavy atom. The molecule has 92 valence electrons. The van der Waals surface area contributed by atoms with Crippen molar-refractivity contribution >= 4 is 5.97 Å². The average Bonchev–Trinajstić information content (AvgIpc) is 2.22. The molecule has 1 aromatic carbocycles. The third-order valence-electron chi connectivity index (χ3n) is 2.98. The normalized spacial score (nSPS) is 15.4. The van der Waals surface area contributed by atoms with Gasteiger partial charge < -0.3 is 9.84 Å². The summed E-state index contributed by atoms with van der Waals surface area (Å²) < 4.78 is 18.8. The summed E-state index contributed by atoms with van der Waals surface area (Å²) in [6.45, 7) is 0. The van der Waals surface area contributed by atoms with Crippen LogP contribution >= 0.6 is 0 Å². The predicted molar refractivity (Wildman–Crippen MR) is 60.6 cm³/mol. The highest BCUT2D eigenvalue weighted by atomic mass is 19.1. The maximum atomic E-state index is 13.1. The first-order chi connectivity index (χ1) is 8.15. The van der Waals surface area contributed by atoms with Crippen LogP contribution in [0.1, 0.15) is 31.2 Å². The van der Waals surface area contributed by atoms with Gasteiger partial charge in [0.05, 0.1) is 6.10 Å². The minimum Gasteiger partial charge on any atom is -0.490 e. The molecule has 0 saturated heterocycles. The fraction of sp³-hybridized carbons (Fsp3) is 0.462. The van der Waals surface area contributed by atoms with E-state index in [-0.39, 0.29) is 18.3 Å². The number of aliphatic carboxylic acids is 1. The first-order valence-electron chi connectivity index (χ1n) is 5.82. The van der Waals surface area contributed by atoms with Crippen molar-refractivity contribution in [3.63, 3.8) is 0 Å². The van der Waals surface area contributed by atoms with Crippen LogP contribution in [-0.2, 0) is 11.2 Å². The van der Waals surface area contributed by atoms with E-state index >= 15 is 0 Å². The summed E-state index contributed by atoms with van der Waals surface area (Å²) in [5, 5.41) is 8.64. The maximum absolute atomic E-state index is 13.1. The number of halogens is 1. The molecule has 0 aromatic heterocycles. The van der Waals surface area contributed by atoms with Gasteiger partial charge in [-0.1, -0.05) is 0 Å². The third-order valence-corrected chi connectivity index (χ3v) is 2.98. The Balaban J connectivity index is 2.08. The van der Waals surface area contributed by atoms with E-state index in [1.807, 2.05) is 0 Å². The Bertz CT molecular complexity index is 413. The Morgan fingerprint density at radius 2 is 2.24 bits per heavy atom. The van der Waals surface area contributed by atoms with E-state index in [0.717, 1.165) is 19.3 Å². The molecule has 3 nitrogen and oxygen atoms in total. The Kier molecular flexibility index (Phi) is 3.61. The van der Waals surface area contributed by atoms with Crippen LogP contribution in [0.15, 0.2) is 18.2 Å². The summed E-state index contributed by atoms with van der Waals surface area (Å²) in [6.07, 6.45) is 3.71. The third kappa shape index (κ3) is 3.19. The van der Waals surface area contributed by atoms with Crippen molar-refractivity contribution < 1.29 is 19.0 Å². The molecule has 0 aliphatic heterocycles. The second kappa shape index (κ2) is 5.17. The van der Waals surface area contributed by atoms with Crippen LogP contribution in [0.2, 0.25) is 0 Å². The highest BCUT2D eigenvalue weighted by Crippen LogP contribution is 2.28. The second-order valence-electron chi connectivity index (χ2n) is 4.32. The number of hydrogen-bond acceptors (Lipinski definition) is 2. The van der Waals surface area contributed by atoms with Gasteiger partial charge in [-0.15, -0.1) is 0 Å². The van der Waals surface area contributed by atoms with Crippen LogP contribution in [0.25, 0.3) is 0 Å². The first kappa shape index (κ1) is 11.9. The van der Waals surface area contributed by atoms with Crippen LogP contribution in [0.4, 0.5) is 4.39 Å². The number of carboxylic acid groups (broad SMARTS) is 1. The van der Waals surface area contributed by atoms with Crippen LogP contribution in [-0.4, -0.2) is 17.2 Å². The smallest absolute Gasteiger partial charge is 0.303 e. The van der Waals surface area contributed by atoms with E-state index in [1.54, 1.807) is 6.07 Å². The van der Waals surface area contributed by atoms with Crippen molar-refractivity contribution in [2.24, 2.45) is 0 Å². The van der Waals surface area contributed by atoms with Crippen molar-refractivity contribution in [3.8, 4) is 5.75 Å². The highest BCUT2D eigenvalue weighted by Gasteiger charge is 2.20. The van der Waals surface area contributed by atoms with Crippen LogP contribution in [0, 0.1) is 5.82 Å². The van der Waals surface area contributed by atoms with Crippen molar-refractivity contribution in [2.75, 3.05) is 0 Å². The van der Waals surface area contributed by atoms with Gasteiger partial charge in [0.25, 0.3) is 0 Å². The summed E-state index contributed by atoms with van der Waals surface area (Å²) in [5.74, 6) is -0.618. The standard InChI is InChI=1S/C13H15FO3/c14-10-5-6-12(17-11-2-1-3-11)9(8-10)4-7-13(15)16/h5-6,8,11H,1-4,7H2,(H,15,16). The highest BCUT2D eigenvalue weighted by molar-refractivity contribution is 5.67. The zero-order valence-corrected chi connectivity index (χ0v) is 9.49. The topological polar surface area (TPSA) is 46.5 Å². The molecule has 17 heavy (non-hydrogen) atoms. The van der Waals surface area contributed by atoms with Crippen molar-refractivity contribution in [3.05, 3.63) is 29.6 Å². The quantitative estimate of drug-likeness (QED) is 0.858. The second-order valence-corrected chi connectivity index (χ2v) is 4.32. The molecule has 0 spiro atoms. The largest absolute Gasteiger partial charge is 0.490 e. The molecule has 1 saturated carbocycles. The number of rotatable bonds is 5. The monoisotopic (exact) mass is 238 g/mol. The number of carboxylic acids is 1. The lowest BCUT2D eigenvalue weighted by atomic mass is 9.96. The number of carbonyl (C=O) groups is 1. The fourth-order valence-corrected chi connectivity index (χ4v) is 1.77. The molecule has 0 amide bonds. The van der Waals surface area contributed by atoms with E-state index < -0.39 is 5.97 Å². The number of aryl methyl sites for hydroxylation is 1. The van der Waals surface area contributed by atoms with Crippen LogP contribution in [0.5, 0.6) is 5.75 Å². The van der Waals surface area contributed by atoms with Gasteiger partial charge >= 0.3 is 5.97 Å². The number of hydrogen-bond donors (Lipinski definition) is 1. The van der Waals surface area contributed by atoms with E-state index in [4.69, 9.17) is 9.84 Å². The predicted octanol–water partition coefficient (Wildman–Crippen LogP) is 2.77. The molecule has 1 aliphatic carbocycles. The van der Waals surface area contributed by atoms with Gasteiger partial charge in [0.15, 0.2) is 0 Å². The molecule has 0 radical (unpaired) electrons. The summed E-state index contributed by atoms with van der Waals surface area (Å²) in [4.78, 5) is 10.5. The molecule has 1 fully saturated rings. The molecular weight excluding hydrogens is 223 g/mol. The molecule has 4 heteroatoms. The Labute approximate surface area is 99.2 Å². The molecule has 2 rings (SSSR count). The molecule has 0 atom stereocenters. The first-order valence-corrected chi connectivity index (χ1v) is 5.82. The lowest BCUT2D eigenvalue weighted by Gasteiger charge is -2.27. The minimum absolute atomic E-state index is 0.00944. The molecule has 0 heterocycles. The Morgan fingerprint density at radius 1 is 1.47 bits per heavy atom. The Hall–Kier alpha value is -1.58. The SMILES string of the molecule is O=C(O)CCc1cc(F)ccc1OC1CCC1. The van der Waals surface area contributed by atoms with E-state index in [9.17, 15) is 9.18 Å². The van der Waals surface area contributed by atoms with Crippen LogP contribution < -0.4 is 4.74 Å². The average molecular weight is 238 g/mol. The van der Waals surface area contributed by atoms with Gasteiger partial charge in [-0.25, -0.2) is 4.39 Å². The lowest BCUT2D eigenvalue weighted by Crippen LogP contribution is -2.25. The van der Waals surface area contributed by atoms with E-state index in [1.165, 1.54) is 12.1 Å². The fourth-order valence-electron chi connectivity index (χ4n) is 1.77. The molecule has 1 N–H and O–H groups in total. The van der Waals surface area contributed by atoms with Crippen molar-refractivity contribution in [1.29, 1.82) is 0 Å². The lowest BCUT2D eigenvalue weighted by molar-refractivity contribution is -0.136. The zero-order valence-electron chi connectivity index (χ0n) is 9.49. The zero-order chi connectivity index (χ0) is 12.3.